The van der Waals surface area contributed by atoms with Crippen LogP contribution in [0.2, 0.25) is 0 Å². The van der Waals surface area contributed by atoms with Crippen LogP contribution in [0.3, 0.4) is 0 Å². The second-order valence-corrected chi connectivity index (χ2v) is 15.6. The van der Waals surface area contributed by atoms with Crippen LogP contribution in [0.15, 0.2) is 59.6 Å². The molecule has 17 heteroatoms. The van der Waals surface area contributed by atoms with Gasteiger partial charge in [0, 0.05) is 24.2 Å². The number of hydrogen-bond donors (Lipinski definition) is 1. The first-order valence-electron chi connectivity index (χ1n) is 14.9. The zero-order chi connectivity index (χ0) is 35.7. The molecule has 48 heavy (non-hydrogen) atoms. The summed E-state index contributed by atoms with van der Waals surface area (Å²) >= 11 is 0. The molecule has 1 aliphatic carbocycles. The summed E-state index contributed by atoms with van der Waals surface area (Å²) in [5.74, 6) is -0.978. The number of amides is 1. The topological polar surface area (TPSA) is 105 Å². The average Bonchev–Trinajstić information content (AvgIpc) is 3.43. The smallest absolute Gasteiger partial charge is 0.435 e. The third-order valence-corrected chi connectivity index (χ3v) is 12.1. The van der Waals surface area contributed by atoms with Crippen molar-refractivity contribution in [3.63, 3.8) is 0 Å². The first-order chi connectivity index (χ1) is 22.0. The Bertz CT molecular complexity index is 1750. The SMILES string of the molecule is CC(C)(C)C1C(c2cn(C3CCC(c4ccc(C(F)(C(F)(F)F)C(F)(F)F)cc4)(S(=O)(=O)c4ccc(F)cc4)CC3)nn2)CN1C(=O)O. The number of sulfone groups is 1. The van der Waals surface area contributed by atoms with Crippen molar-refractivity contribution in [2.75, 3.05) is 6.54 Å². The van der Waals surface area contributed by atoms with E-state index in [0.29, 0.717) is 17.8 Å². The van der Waals surface area contributed by atoms with Crippen LogP contribution in [-0.4, -0.2) is 64.5 Å². The van der Waals surface area contributed by atoms with Crippen LogP contribution in [0.25, 0.3) is 0 Å². The molecule has 1 aromatic heterocycles. The molecule has 5 rings (SSSR count). The summed E-state index contributed by atoms with van der Waals surface area (Å²) in [4.78, 5) is 12.7. The molecule has 1 aliphatic heterocycles. The Hall–Kier alpha value is -3.76. The summed E-state index contributed by atoms with van der Waals surface area (Å²) < 4.78 is 137. The summed E-state index contributed by atoms with van der Waals surface area (Å²) in [6.07, 6.45) is -12.2. The molecule has 3 aromatic rings. The molecule has 262 valence electrons. The van der Waals surface area contributed by atoms with Crippen LogP contribution in [0.4, 0.5) is 39.9 Å². The van der Waals surface area contributed by atoms with Gasteiger partial charge in [0.15, 0.2) is 9.84 Å². The molecule has 2 fully saturated rings. The highest BCUT2D eigenvalue weighted by Crippen LogP contribution is 2.55. The standard InChI is InChI=1S/C31H32F8N4O4S/c1-27(2,3)25-23(16-42(25)26(44)45)24-17-43(41-40-24)21-12-14-28(15-13-21,48(46,47)22-10-8-20(32)9-11-22)18-4-6-19(7-5-18)29(33,30(34,35)36)31(37,38)39/h4-11,17,21,23,25H,12-16H2,1-3H3,(H,44,45). The fourth-order valence-corrected chi connectivity index (χ4v) is 9.21. The highest BCUT2D eigenvalue weighted by molar-refractivity contribution is 7.92. The maximum absolute atomic E-state index is 14.8. The molecule has 2 heterocycles. The summed E-state index contributed by atoms with van der Waals surface area (Å²) in [6, 6.07) is 5.15. The fraction of sp³-hybridized carbons (Fsp3) is 0.516. The molecule has 1 amide bonds. The number of benzene rings is 2. The van der Waals surface area contributed by atoms with Gasteiger partial charge in [-0.25, -0.2) is 26.7 Å². The predicted octanol–water partition coefficient (Wildman–Crippen LogP) is 7.68. The van der Waals surface area contributed by atoms with Gasteiger partial charge in [0.25, 0.3) is 0 Å². The van der Waals surface area contributed by atoms with Crippen LogP contribution in [0, 0.1) is 11.2 Å². The molecule has 2 unspecified atom stereocenters. The lowest BCUT2D eigenvalue weighted by Gasteiger charge is -2.52. The number of alkyl halides is 7. The predicted molar refractivity (Wildman–Crippen MR) is 155 cm³/mol. The summed E-state index contributed by atoms with van der Waals surface area (Å²) in [6.45, 7) is 5.91. The Morgan fingerprint density at radius 1 is 0.896 bits per heavy atom. The number of carbonyl (C=O) groups is 1. The lowest BCUT2D eigenvalue weighted by atomic mass is 9.71. The maximum Gasteiger partial charge on any atom is 0.435 e. The lowest BCUT2D eigenvalue weighted by molar-refractivity contribution is -0.348. The van der Waals surface area contributed by atoms with Crippen LogP contribution in [0.5, 0.6) is 0 Å². The van der Waals surface area contributed by atoms with E-state index in [0.717, 1.165) is 36.4 Å². The van der Waals surface area contributed by atoms with Crippen molar-refractivity contribution in [3.8, 4) is 0 Å². The molecule has 2 aliphatic rings. The van der Waals surface area contributed by atoms with E-state index in [2.05, 4.69) is 10.3 Å². The second-order valence-electron chi connectivity index (χ2n) is 13.4. The first kappa shape index (κ1) is 35.5. The van der Waals surface area contributed by atoms with Gasteiger partial charge in [0.2, 0.25) is 0 Å². The molecular weight excluding hydrogens is 676 g/mol. The lowest BCUT2D eigenvalue weighted by Crippen LogP contribution is -2.62. The van der Waals surface area contributed by atoms with Crippen LogP contribution in [-0.2, 0) is 20.3 Å². The quantitative estimate of drug-likeness (QED) is 0.208. The third kappa shape index (κ3) is 5.70. The Balaban J connectivity index is 1.48. The first-order valence-corrected chi connectivity index (χ1v) is 16.4. The molecule has 8 nitrogen and oxygen atoms in total. The van der Waals surface area contributed by atoms with Crippen molar-refractivity contribution in [3.05, 3.63) is 77.4 Å². The van der Waals surface area contributed by atoms with Crippen LogP contribution < -0.4 is 0 Å². The minimum absolute atomic E-state index is 0.123. The van der Waals surface area contributed by atoms with Gasteiger partial charge >= 0.3 is 24.1 Å². The summed E-state index contributed by atoms with van der Waals surface area (Å²) in [5.41, 5.74) is -7.48. The van der Waals surface area contributed by atoms with Crippen molar-refractivity contribution >= 4 is 15.9 Å². The molecule has 1 saturated carbocycles. The molecule has 1 saturated heterocycles. The van der Waals surface area contributed by atoms with Gasteiger partial charge in [-0.1, -0.05) is 50.3 Å². The van der Waals surface area contributed by atoms with E-state index >= 15 is 0 Å². The van der Waals surface area contributed by atoms with Crippen molar-refractivity contribution < 1.29 is 53.4 Å². The van der Waals surface area contributed by atoms with Gasteiger partial charge in [-0.15, -0.1) is 5.10 Å². The number of aromatic nitrogens is 3. The minimum Gasteiger partial charge on any atom is -0.465 e. The fourth-order valence-electron chi connectivity index (χ4n) is 7.04. The normalized spacial score (nSPS) is 24.3. The number of hydrogen-bond acceptors (Lipinski definition) is 5. The van der Waals surface area contributed by atoms with E-state index in [1.54, 1.807) is 10.9 Å². The largest absolute Gasteiger partial charge is 0.465 e. The van der Waals surface area contributed by atoms with Gasteiger partial charge in [-0.05, 0) is 60.9 Å². The number of likely N-dealkylation sites (tertiary alicyclic amines) is 1. The number of halogens is 8. The van der Waals surface area contributed by atoms with Gasteiger partial charge < -0.3 is 10.0 Å². The van der Waals surface area contributed by atoms with Crippen molar-refractivity contribution in [1.82, 2.24) is 19.9 Å². The van der Waals surface area contributed by atoms with E-state index < -0.39 is 61.5 Å². The third-order valence-electron chi connectivity index (χ3n) is 9.52. The molecule has 2 aromatic carbocycles. The van der Waals surface area contributed by atoms with Gasteiger partial charge in [0.05, 0.1) is 22.7 Å². The highest BCUT2D eigenvalue weighted by atomic mass is 32.2. The van der Waals surface area contributed by atoms with Crippen LogP contribution >= 0.6 is 0 Å². The summed E-state index contributed by atoms with van der Waals surface area (Å²) in [5, 5.41) is 18.1. The van der Waals surface area contributed by atoms with E-state index in [1.165, 1.54) is 4.90 Å². The Morgan fingerprint density at radius 2 is 1.44 bits per heavy atom. The zero-order valence-corrected chi connectivity index (χ0v) is 26.7. The van der Waals surface area contributed by atoms with Gasteiger partial charge in [-0.3, -0.25) is 0 Å². The molecule has 0 bridgehead atoms. The van der Waals surface area contributed by atoms with Crippen molar-refractivity contribution in [2.24, 2.45) is 5.41 Å². The Kier molecular flexibility index (Phi) is 8.66. The van der Waals surface area contributed by atoms with E-state index in [1.807, 2.05) is 20.8 Å². The van der Waals surface area contributed by atoms with Crippen molar-refractivity contribution in [1.29, 1.82) is 0 Å². The second kappa shape index (κ2) is 11.7. The molecule has 0 spiro atoms. The Morgan fingerprint density at radius 3 is 1.92 bits per heavy atom. The molecule has 0 radical (unpaired) electrons. The number of carboxylic acid groups (broad SMARTS) is 1. The molecular formula is C31H32F8N4O4S. The van der Waals surface area contributed by atoms with Crippen LogP contribution in [0.1, 0.15) is 75.2 Å². The average molecular weight is 709 g/mol. The van der Waals surface area contributed by atoms with Crippen molar-refractivity contribution in [2.45, 2.75) is 92.1 Å². The number of nitrogens with zero attached hydrogens (tertiary/aromatic N) is 4. The molecule has 1 N–H and O–H groups in total. The molecule has 2 atom stereocenters. The van der Waals surface area contributed by atoms with E-state index in [-0.39, 0.29) is 54.6 Å². The van der Waals surface area contributed by atoms with Gasteiger partial charge in [0.1, 0.15) is 10.6 Å². The number of rotatable bonds is 6. The summed E-state index contributed by atoms with van der Waals surface area (Å²) in [7, 11) is -4.46. The monoisotopic (exact) mass is 708 g/mol. The highest BCUT2D eigenvalue weighted by Gasteiger charge is 2.73. The Labute approximate surface area is 270 Å². The maximum atomic E-state index is 14.8. The zero-order valence-electron chi connectivity index (χ0n) is 25.9. The van der Waals surface area contributed by atoms with E-state index in [4.69, 9.17) is 0 Å². The van der Waals surface area contributed by atoms with E-state index in [9.17, 15) is 53.4 Å². The van der Waals surface area contributed by atoms with Gasteiger partial charge in [-0.2, -0.15) is 26.3 Å². The minimum atomic E-state index is -6.35.